The first-order valence-electron chi connectivity index (χ1n) is 4.85. The highest BCUT2D eigenvalue weighted by atomic mass is 16.3. The number of carbonyl (C=O) groups excluding carboxylic acids is 1. The van der Waals surface area contributed by atoms with Crippen molar-refractivity contribution in [1.29, 1.82) is 0 Å². The van der Waals surface area contributed by atoms with Crippen LogP contribution in [0.1, 0.15) is 29.8 Å². The van der Waals surface area contributed by atoms with E-state index in [9.17, 15) is 4.79 Å². The summed E-state index contributed by atoms with van der Waals surface area (Å²) in [5, 5.41) is 2.90. The lowest BCUT2D eigenvalue weighted by Crippen LogP contribution is -2.33. The van der Waals surface area contributed by atoms with Crippen LogP contribution in [0.4, 0.5) is 0 Å². The molecule has 4 nitrogen and oxygen atoms in total. The van der Waals surface area contributed by atoms with E-state index >= 15 is 0 Å². The maximum absolute atomic E-state index is 11.5. The third-order valence-electron chi connectivity index (χ3n) is 2.55. The van der Waals surface area contributed by atoms with Crippen molar-refractivity contribution >= 4 is 5.91 Å². The number of nitrogens with two attached hydrogens (primary N) is 1. The largest absolute Gasteiger partial charge is 0.459 e. The van der Waals surface area contributed by atoms with Crippen LogP contribution in [0.15, 0.2) is 22.8 Å². The van der Waals surface area contributed by atoms with Gasteiger partial charge in [-0.25, -0.2) is 0 Å². The smallest absolute Gasteiger partial charge is 0.287 e. The van der Waals surface area contributed by atoms with Gasteiger partial charge in [-0.1, -0.05) is 0 Å². The Kier molecular flexibility index (Phi) is 2.54. The van der Waals surface area contributed by atoms with Crippen LogP contribution in [0.25, 0.3) is 0 Å². The average Bonchev–Trinajstić information content (AvgIpc) is 2.75. The van der Waals surface area contributed by atoms with Crippen LogP contribution in [0, 0.1) is 0 Å². The Hall–Kier alpha value is -1.29. The van der Waals surface area contributed by atoms with E-state index in [0.717, 1.165) is 19.3 Å². The van der Waals surface area contributed by atoms with Crippen LogP contribution in [-0.4, -0.2) is 18.0 Å². The monoisotopic (exact) mass is 194 g/mol. The molecule has 1 saturated carbocycles. The van der Waals surface area contributed by atoms with Crippen molar-refractivity contribution < 1.29 is 9.21 Å². The van der Waals surface area contributed by atoms with E-state index < -0.39 is 0 Å². The second-order valence-electron chi connectivity index (χ2n) is 3.72. The van der Waals surface area contributed by atoms with Gasteiger partial charge in [0, 0.05) is 12.1 Å². The van der Waals surface area contributed by atoms with Crippen LogP contribution >= 0.6 is 0 Å². The minimum absolute atomic E-state index is 0.144. The van der Waals surface area contributed by atoms with E-state index in [1.54, 1.807) is 12.1 Å². The molecule has 2 unspecified atom stereocenters. The fourth-order valence-electron chi connectivity index (χ4n) is 1.81. The van der Waals surface area contributed by atoms with Crippen LogP contribution in [0.3, 0.4) is 0 Å². The number of nitrogens with one attached hydrogen (secondary N) is 1. The zero-order valence-electron chi connectivity index (χ0n) is 7.90. The molecule has 0 bridgehead atoms. The summed E-state index contributed by atoms with van der Waals surface area (Å²) in [5.74, 6) is 0.222. The van der Waals surface area contributed by atoms with E-state index in [0.29, 0.717) is 5.76 Å². The molecule has 2 atom stereocenters. The second kappa shape index (κ2) is 3.84. The third-order valence-corrected chi connectivity index (χ3v) is 2.55. The third kappa shape index (κ3) is 1.96. The van der Waals surface area contributed by atoms with Crippen LogP contribution in [-0.2, 0) is 0 Å². The molecular weight excluding hydrogens is 180 g/mol. The molecule has 1 heterocycles. The quantitative estimate of drug-likeness (QED) is 0.734. The fraction of sp³-hybridized carbons (Fsp3) is 0.500. The molecule has 0 aliphatic heterocycles. The van der Waals surface area contributed by atoms with Crippen molar-refractivity contribution in [2.75, 3.05) is 0 Å². The van der Waals surface area contributed by atoms with Gasteiger partial charge >= 0.3 is 0 Å². The summed E-state index contributed by atoms with van der Waals surface area (Å²) in [6.45, 7) is 0. The summed E-state index contributed by atoms with van der Waals surface area (Å²) in [6, 6.07) is 3.80. The Morgan fingerprint density at radius 1 is 1.57 bits per heavy atom. The van der Waals surface area contributed by atoms with Gasteiger partial charge in [-0.05, 0) is 31.4 Å². The number of amides is 1. The molecule has 0 radical (unpaired) electrons. The number of hydrogen-bond donors (Lipinski definition) is 2. The van der Waals surface area contributed by atoms with E-state index in [-0.39, 0.29) is 18.0 Å². The molecule has 1 aromatic heterocycles. The lowest BCUT2D eigenvalue weighted by Gasteiger charge is -2.10. The van der Waals surface area contributed by atoms with Crippen molar-refractivity contribution in [2.24, 2.45) is 5.73 Å². The van der Waals surface area contributed by atoms with Gasteiger partial charge in [-0.2, -0.15) is 0 Å². The molecule has 4 heteroatoms. The molecule has 0 saturated heterocycles. The number of hydrogen-bond acceptors (Lipinski definition) is 3. The molecule has 3 N–H and O–H groups in total. The molecule has 76 valence electrons. The van der Waals surface area contributed by atoms with E-state index in [1.165, 1.54) is 6.26 Å². The summed E-state index contributed by atoms with van der Waals surface area (Å²) < 4.78 is 4.99. The van der Waals surface area contributed by atoms with Gasteiger partial charge in [-0.3, -0.25) is 4.79 Å². The summed E-state index contributed by atoms with van der Waals surface area (Å²) in [4.78, 5) is 11.5. The standard InChI is InChI=1S/C10H14N2O2/c11-7-3-4-8(6-7)12-10(13)9-2-1-5-14-9/h1-2,5,7-8H,3-4,6,11H2,(H,12,13). The fourth-order valence-corrected chi connectivity index (χ4v) is 1.81. The highest BCUT2D eigenvalue weighted by molar-refractivity contribution is 5.91. The molecular formula is C10H14N2O2. The lowest BCUT2D eigenvalue weighted by molar-refractivity contribution is 0.0909. The topological polar surface area (TPSA) is 68.3 Å². The molecule has 1 aliphatic rings. The Morgan fingerprint density at radius 3 is 3.00 bits per heavy atom. The molecule has 0 aromatic carbocycles. The molecule has 0 spiro atoms. The maximum Gasteiger partial charge on any atom is 0.287 e. The van der Waals surface area contributed by atoms with Gasteiger partial charge in [0.05, 0.1) is 6.26 Å². The van der Waals surface area contributed by atoms with Gasteiger partial charge in [0.2, 0.25) is 0 Å². The summed E-state index contributed by atoms with van der Waals surface area (Å²) in [7, 11) is 0. The van der Waals surface area contributed by atoms with Crippen molar-refractivity contribution in [3.8, 4) is 0 Å². The zero-order valence-corrected chi connectivity index (χ0v) is 7.90. The van der Waals surface area contributed by atoms with Crippen LogP contribution in [0.5, 0.6) is 0 Å². The van der Waals surface area contributed by atoms with E-state index in [2.05, 4.69) is 5.32 Å². The molecule has 1 aromatic rings. The van der Waals surface area contributed by atoms with E-state index in [1.807, 2.05) is 0 Å². The zero-order chi connectivity index (χ0) is 9.97. The van der Waals surface area contributed by atoms with Gasteiger partial charge in [0.15, 0.2) is 5.76 Å². The first kappa shape index (κ1) is 9.27. The van der Waals surface area contributed by atoms with Crippen molar-refractivity contribution in [1.82, 2.24) is 5.32 Å². The van der Waals surface area contributed by atoms with Crippen molar-refractivity contribution in [2.45, 2.75) is 31.3 Å². The van der Waals surface area contributed by atoms with Gasteiger partial charge < -0.3 is 15.5 Å². The first-order valence-corrected chi connectivity index (χ1v) is 4.85. The Labute approximate surface area is 82.5 Å². The normalized spacial score (nSPS) is 26.4. The van der Waals surface area contributed by atoms with Gasteiger partial charge in [0.1, 0.15) is 0 Å². The van der Waals surface area contributed by atoms with Crippen LogP contribution in [0.2, 0.25) is 0 Å². The van der Waals surface area contributed by atoms with Crippen LogP contribution < -0.4 is 11.1 Å². The minimum Gasteiger partial charge on any atom is -0.459 e. The van der Waals surface area contributed by atoms with Gasteiger partial charge in [0.25, 0.3) is 5.91 Å². The maximum atomic E-state index is 11.5. The van der Waals surface area contributed by atoms with E-state index in [4.69, 9.17) is 10.2 Å². The minimum atomic E-state index is -0.144. The lowest BCUT2D eigenvalue weighted by atomic mass is 10.2. The molecule has 1 aliphatic carbocycles. The summed E-state index contributed by atoms with van der Waals surface area (Å²) in [5.41, 5.74) is 5.74. The predicted octanol–water partition coefficient (Wildman–Crippen LogP) is 0.889. The molecule has 2 rings (SSSR count). The number of rotatable bonds is 2. The first-order chi connectivity index (χ1) is 6.75. The molecule has 1 fully saturated rings. The molecule has 14 heavy (non-hydrogen) atoms. The number of furan rings is 1. The van der Waals surface area contributed by atoms with Crippen molar-refractivity contribution in [3.63, 3.8) is 0 Å². The predicted molar refractivity (Wildman–Crippen MR) is 51.8 cm³/mol. The Balaban J connectivity index is 1.89. The second-order valence-corrected chi connectivity index (χ2v) is 3.72. The SMILES string of the molecule is NC1CCC(NC(=O)c2ccco2)C1. The summed E-state index contributed by atoms with van der Waals surface area (Å²) >= 11 is 0. The highest BCUT2D eigenvalue weighted by Crippen LogP contribution is 2.17. The van der Waals surface area contributed by atoms with Crippen molar-refractivity contribution in [3.05, 3.63) is 24.2 Å². The Morgan fingerprint density at radius 2 is 2.43 bits per heavy atom. The highest BCUT2D eigenvalue weighted by Gasteiger charge is 2.23. The van der Waals surface area contributed by atoms with Gasteiger partial charge in [-0.15, -0.1) is 0 Å². The molecule has 1 amide bonds. The summed E-state index contributed by atoms with van der Waals surface area (Å²) in [6.07, 6.45) is 4.32. The number of carbonyl (C=O) groups is 1. The average molecular weight is 194 g/mol. The Bertz CT molecular complexity index is 308.